The minimum atomic E-state index is -0.367. The second-order valence-electron chi connectivity index (χ2n) is 9.16. The molecule has 0 amide bonds. The van der Waals surface area contributed by atoms with Gasteiger partial charge in [-0.25, -0.2) is 4.79 Å². The Hall–Kier alpha value is -2.62. The standard InChI is InChI=1S/C29H38O4/c1-3-5-7-8-9-10-11-22-13-15-24(16-14-22)28(30)32-25-19-17-23(18-20-25)27-21-26(12-6-4-2)33-29(27)31/h13-20,26-27H,3-12,21H2,1-2H3/t26-,27-/m0/s1. The van der Waals surface area contributed by atoms with Crippen LogP contribution in [0, 0.1) is 0 Å². The Bertz CT molecular complexity index is 869. The molecule has 0 spiro atoms. The van der Waals surface area contributed by atoms with Gasteiger partial charge in [0.2, 0.25) is 0 Å². The summed E-state index contributed by atoms with van der Waals surface area (Å²) >= 11 is 0. The largest absolute Gasteiger partial charge is 0.462 e. The van der Waals surface area contributed by atoms with Crippen LogP contribution in [0.4, 0.5) is 0 Å². The molecule has 0 unspecified atom stereocenters. The summed E-state index contributed by atoms with van der Waals surface area (Å²) in [5.74, 6) is -0.264. The van der Waals surface area contributed by atoms with E-state index >= 15 is 0 Å². The Morgan fingerprint density at radius 1 is 0.879 bits per heavy atom. The van der Waals surface area contributed by atoms with E-state index in [1.165, 1.54) is 44.1 Å². The molecule has 0 radical (unpaired) electrons. The Kier molecular flexibility index (Phi) is 9.99. The molecule has 0 saturated carbocycles. The number of benzene rings is 2. The summed E-state index contributed by atoms with van der Waals surface area (Å²) in [4.78, 5) is 24.8. The molecule has 2 aromatic carbocycles. The maximum Gasteiger partial charge on any atom is 0.343 e. The monoisotopic (exact) mass is 450 g/mol. The predicted octanol–water partition coefficient (Wildman–Crippen LogP) is 7.40. The van der Waals surface area contributed by atoms with Crippen LogP contribution in [0.2, 0.25) is 0 Å². The third kappa shape index (κ3) is 7.73. The van der Waals surface area contributed by atoms with Crippen molar-refractivity contribution in [1.82, 2.24) is 0 Å². The van der Waals surface area contributed by atoms with Crippen LogP contribution in [0.15, 0.2) is 48.5 Å². The van der Waals surface area contributed by atoms with Crippen LogP contribution in [0.3, 0.4) is 0 Å². The summed E-state index contributed by atoms with van der Waals surface area (Å²) in [7, 11) is 0. The SMILES string of the molecule is CCCCCCCCc1ccc(C(=O)Oc2ccc([C@@H]3C[C@H](CCCC)OC3=O)cc2)cc1. The highest BCUT2D eigenvalue weighted by Gasteiger charge is 2.35. The summed E-state index contributed by atoms with van der Waals surface area (Å²) in [5.41, 5.74) is 2.72. The van der Waals surface area contributed by atoms with Crippen molar-refractivity contribution in [2.24, 2.45) is 0 Å². The van der Waals surface area contributed by atoms with Crippen LogP contribution in [-0.2, 0) is 16.0 Å². The summed E-state index contributed by atoms with van der Waals surface area (Å²) in [5, 5.41) is 0. The minimum Gasteiger partial charge on any atom is -0.462 e. The Morgan fingerprint density at radius 2 is 1.55 bits per heavy atom. The first-order valence-corrected chi connectivity index (χ1v) is 12.7. The highest BCUT2D eigenvalue weighted by Crippen LogP contribution is 2.33. The van der Waals surface area contributed by atoms with E-state index in [9.17, 15) is 9.59 Å². The van der Waals surface area contributed by atoms with Crippen LogP contribution in [0.1, 0.15) is 105 Å². The third-order valence-corrected chi connectivity index (χ3v) is 6.45. The first-order chi connectivity index (χ1) is 16.1. The summed E-state index contributed by atoms with van der Waals surface area (Å²) in [6.45, 7) is 4.37. The predicted molar refractivity (Wildman–Crippen MR) is 132 cm³/mol. The first-order valence-electron chi connectivity index (χ1n) is 12.7. The van der Waals surface area contributed by atoms with Crippen molar-refractivity contribution in [2.75, 3.05) is 0 Å². The number of carbonyl (C=O) groups is 2. The molecule has 1 fully saturated rings. The fraction of sp³-hybridized carbons (Fsp3) is 0.517. The molecule has 0 N–H and O–H groups in total. The van der Waals surface area contributed by atoms with Crippen LogP contribution >= 0.6 is 0 Å². The van der Waals surface area contributed by atoms with Crippen molar-refractivity contribution in [3.05, 3.63) is 65.2 Å². The van der Waals surface area contributed by atoms with Crippen molar-refractivity contribution < 1.29 is 19.1 Å². The molecule has 0 bridgehead atoms. The molecule has 2 aromatic rings. The molecule has 1 saturated heterocycles. The van der Waals surface area contributed by atoms with Gasteiger partial charge in [0.05, 0.1) is 11.5 Å². The lowest BCUT2D eigenvalue weighted by Crippen LogP contribution is -2.09. The number of hydrogen-bond acceptors (Lipinski definition) is 4. The van der Waals surface area contributed by atoms with Crippen molar-refractivity contribution in [1.29, 1.82) is 0 Å². The number of ether oxygens (including phenoxy) is 2. The normalized spacial score (nSPS) is 17.7. The Balaban J connectivity index is 1.47. The van der Waals surface area contributed by atoms with Gasteiger partial charge in [-0.3, -0.25) is 4.79 Å². The lowest BCUT2D eigenvalue weighted by Gasteiger charge is -2.09. The lowest BCUT2D eigenvalue weighted by molar-refractivity contribution is -0.142. The highest BCUT2D eigenvalue weighted by molar-refractivity contribution is 5.91. The van der Waals surface area contributed by atoms with Crippen molar-refractivity contribution >= 4 is 11.9 Å². The van der Waals surface area contributed by atoms with E-state index in [1.54, 1.807) is 12.1 Å². The molecule has 1 aliphatic rings. The quantitative estimate of drug-likeness (QED) is 0.181. The lowest BCUT2D eigenvalue weighted by atomic mass is 9.94. The van der Waals surface area contributed by atoms with Crippen LogP contribution < -0.4 is 4.74 Å². The maximum atomic E-state index is 12.5. The van der Waals surface area contributed by atoms with Gasteiger partial charge in [-0.2, -0.15) is 0 Å². The molecule has 33 heavy (non-hydrogen) atoms. The summed E-state index contributed by atoms with van der Waals surface area (Å²) in [6.07, 6.45) is 12.6. The van der Waals surface area contributed by atoms with Crippen molar-refractivity contribution in [3.8, 4) is 5.75 Å². The van der Waals surface area contributed by atoms with E-state index in [1.807, 2.05) is 36.4 Å². The third-order valence-electron chi connectivity index (χ3n) is 6.45. The van der Waals surface area contributed by atoms with E-state index in [4.69, 9.17) is 9.47 Å². The second-order valence-corrected chi connectivity index (χ2v) is 9.16. The van der Waals surface area contributed by atoms with E-state index in [2.05, 4.69) is 13.8 Å². The van der Waals surface area contributed by atoms with Gasteiger partial charge in [0, 0.05) is 6.42 Å². The molecule has 2 atom stereocenters. The molecular weight excluding hydrogens is 412 g/mol. The highest BCUT2D eigenvalue weighted by atomic mass is 16.6. The number of rotatable bonds is 13. The zero-order valence-electron chi connectivity index (χ0n) is 20.2. The van der Waals surface area contributed by atoms with Gasteiger partial charge in [-0.1, -0.05) is 83.1 Å². The molecular formula is C29H38O4. The zero-order valence-corrected chi connectivity index (χ0v) is 20.2. The summed E-state index contributed by atoms with van der Waals surface area (Å²) < 4.78 is 11.1. The fourth-order valence-corrected chi connectivity index (χ4v) is 4.39. The zero-order chi connectivity index (χ0) is 23.5. The van der Waals surface area contributed by atoms with Crippen molar-refractivity contribution in [2.45, 2.75) is 96.5 Å². The molecule has 4 nitrogen and oxygen atoms in total. The molecule has 1 aliphatic heterocycles. The molecule has 1 heterocycles. The summed E-state index contributed by atoms with van der Waals surface area (Å²) in [6, 6.07) is 15.0. The van der Waals surface area contributed by atoms with E-state index in [-0.39, 0.29) is 24.0 Å². The number of aryl methyl sites for hydroxylation is 1. The van der Waals surface area contributed by atoms with Gasteiger partial charge in [-0.15, -0.1) is 0 Å². The van der Waals surface area contributed by atoms with Gasteiger partial charge in [0.25, 0.3) is 0 Å². The smallest absolute Gasteiger partial charge is 0.343 e. The van der Waals surface area contributed by atoms with E-state index < -0.39 is 0 Å². The van der Waals surface area contributed by atoms with E-state index in [0.717, 1.165) is 37.7 Å². The van der Waals surface area contributed by atoms with Crippen LogP contribution in [-0.4, -0.2) is 18.0 Å². The van der Waals surface area contributed by atoms with Gasteiger partial charge >= 0.3 is 11.9 Å². The average molecular weight is 451 g/mol. The number of cyclic esters (lactones) is 1. The minimum absolute atomic E-state index is 0.0176. The number of esters is 2. The number of hydrogen-bond donors (Lipinski definition) is 0. The van der Waals surface area contributed by atoms with Crippen LogP contribution in [0.5, 0.6) is 5.75 Å². The molecule has 3 rings (SSSR count). The fourth-order valence-electron chi connectivity index (χ4n) is 4.39. The van der Waals surface area contributed by atoms with Gasteiger partial charge in [0.15, 0.2) is 0 Å². The maximum absolute atomic E-state index is 12.5. The molecule has 0 aliphatic carbocycles. The molecule has 178 valence electrons. The van der Waals surface area contributed by atoms with Gasteiger partial charge < -0.3 is 9.47 Å². The first kappa shape index (κ1) is 25.0. The molecule has 0 aromatic heterocycles. The Labute approximate surface area is 198 Å². The van der Waals surface area contributed by atoms with Gasteiger partial charge in [0.1, 0.15) is 11.9 Å². The van der Waals surface area contributed by atoms with Crippen molar-refractivity contribution in [3.63, 3.8) is 0 Å². The number of carbonyl (C=O) groups excluding carboxylic acids is 2. The van der Waals surface area contributed by atoms with Crippen LogP contribution in [0.25, 0.3) is 0 Å². The number of unbranched alkanes of at least 4 members (excludes halogenated alkanes) is 6. The van der Waals surface area contributed by atoms with Gasteiger partial charge in [-0.05, 0) is 54.7 Å². The topological polar surface area (TPSA) is 52.6 Å². The molecule has 4 heteroatoms. The second kappa shape index (κ2) is 13.2. The average Bonchev–Trinajstić information content (AvgIpc) is 3.21. The Morgan fingerprint density at radius 3 is 2.24 bits per heavy atom. The van der Waals surface area contributed by atoms with E-state index in [0.29, 0.717) is 11.3 Å².